The Morgan fingerprint density at radius 3 is 2.64 bits per heavy atom. The normalized spacial score (nSPS) is 14.3. The van der Waals surface area contributed by atoms with Gasteiger partial charge in [0.2, 0.25) is 0 Å². The highest BCUT2D eigenvalue weighted by Gasteiger charge is 2.35. The third-order valence-electron chi connectivity index (χ3n) is 5.43. The Bertz CT molecular complexity index is 1400. The van der Waals surface area contributed by atoms with Gasteiger partial charge in [-0.25, -0.2) is 0 Å². The topological polar surface area (TPSA) is 79.6 Å². The second-order valence-electron chi connectivity index (χ2n) is 8.08. The van der Waals surface area contributed by atoms with E-state index in [4.69, 9.17) is 21.1 Å². The van der Waals surface area contributed by atoms with Crippen molar-refractivity contribution in [3.8, 4) is 17.6 Å². The van der Waals surface area contributed by atoms with Gasteiger partial charge in [0.1, 0.15) is 6.61 Å². The lowest BCUT2D eigenvalue weighted by atomic mass is 10.1. The van der Waals surface area contributed by atoms with Gasteiger partial charge in [0.25, 0.3) is 11.1 Å². The van der Waals surface area contributed by atoms with Crippen LogP contribution in [0.2, 0.25) is 5.02 Å². The van der Waals surface area contributed by atoms with Crippen LogP contribution in [0, 0.1) is 18.3 Å². The molecule has 0 unspecified atom stereocenters. The summed E-state index contributed by atoms with van der Waals surface area (Å²) in [5.41, 5.74) is 3.78. The minimum absolute atomic E-state index is 0.0302. The molecule has 6 nitrogen and oxygen atoms in total. The third kappa shape index (κ3) is 5.73. The van der Waals surface area contributed by atoms with Crippen LogP contribution in [0.15, 0.2) is 65.6 Å². The Balaban J connectivity index is 1.57. The van der Waals surface area contributed by atoms with Gasteiger partial charge in [0.15, 0.2) is 11.5 Å². The van der Waals surface area contributed by atoms with Crippen LogP contribution < -0.4 is 9.47 Å². The number of benzene rings is 3. The zero-order valence-corrected chi connectivity index (χ0v) is 21.4. The summed E-state index contributed by atoms with van der Waals surface area (Å²) in [6.07, 6.45) is 1.61. The summed E-state index contributed by atoms with van der Waals surface area (Å²) < 4.78 is 11.8. The first-order valence-corrected chi connectivity index (χ1v) is 12.5. The predicted molar refractivity (Wildman–Crippen MR) is 141 cm³/mol. The number of carbonyl (C=O) groups is 2. The fourth-order valence-electron chi connectivity index (χ4n) is 3.76. The van der Waals surface area contributed by atoms with Crippen molar-refractivity contribution in [1.82, 2.24) is 4.90 Å². The molecule has 0 atom stereocenters. The first-order chi connectivity index (χ1) is 17.4. The molecule has 0 spiro atoms. The van der Waals surface area contributed by atoms with Crippen LogP contribution in [0.4, 0.5) is 4.79 Å². The summed E-state index contributed by atoms with van der Waals surface area (Å²) in [5, 5.41) is 9.25. The number of rotatable bonds is 8. The van der Waals surface area contributed by atoms with E-state index >= 15 is 0 Å². The summed E-state index contributed by atoms with van der Waals surface area (Å²) in [7, 11) is 0. The van der Waals surface area contributed by atoms with Crippen LogP contribution in [0.5, 0.6) is 11.5 Å². The van der Waals surface area contributed by atoms with Crippen LogP contribution >= 0.6 is 23.4 Å². The van der Waals surface area contributed by atoms with Gasteiger partial charge in [-0.3, -0.25) is 14.5 Å². The van der Waals surface area contributed by atoms with Crippen molar-refractivity contribution in [2.75, 3.05) is 6.61 Å². The monoisotopic (exact) mass is 518 g/mol. The van der Waals surface area contributed by atoms with Crippen molar-refractivity contribution in [2.45, 2.75) is 27.0 Å². The molecule has 3 aromatic carbocycles. The molecular weight excluding hydrogens is 496 g/mol. The molecule has 36 heavy (non-hydrogen) atoms. The number of ether oxygens (including phenoxy) is 2. The molecule has 0 radical (unpaired) electrons. The van der Waals surface area contributed by atoms with E-state index in [9.17, 15) is 14.9 Å². The van der Waals surface area contributed by atoms with Gasteiger partial charge in [-0.2, -0.15) is 5.26 Å². The molecule has 1 saturated heterocycles. The van der Waals surface area contributed by atoms with E-state index in [1.165, 1.54) is 0 Å². The highest BCUT2D eigenvalue weighted by Crippen LogP contribution is 2.40. The van der Waals surface area contributed by atoms with Gasteiger partial charge in [-0.1, -0.05) is 59.6 Å². The van der Waals surface area contributed by atoms with E-state index in [0.29, 0.717) is 46.4 Å². The molecule has 1 aliphatic rings. The molecule has 1 aliphatic heterocycles. The van der Waals surface area contributed by atoms with Crippen LogP contribution in [-0.2, 0) is 17.9 Å². The SMILES string of the molecule is CCOc1cc(/C=C2/SC(=O)N(Cc3ccccc3C#N)C2=O)cc(Cl)c1OCc1cccc(C)c1. The fraction of sp³-hybridized carbons (Fsp3) is 0.179. The van der Waals surface area contributed by atoms with Crippen molar-refractivity contribution >= 4 is 40.6 Å². The smallest absolute Gasteiger partial charge is 0.293 e. The van der Waals surface area contributed by atoms with Gasteiger partial charge in [-0.15, -0.1) is 0 Å². The average molecular weight is 519 g/mol. The minimum Gasteiger partial charge on any atom is -0.490 e. The van der Waals surface area contributed by atoms with Crippen LogP contribution in [0.3, 0.4) is 0 Å². The molecule has 0 aromatic heterocycles. The summed E-state index contributed by atoms with van der Waals surface area (Å²) in [6.45, 7) is 4.62. The highest BCUT2D eigenvalue weighted by atomic mass is 35.5. The first kappa shape index (κ1) is 25.4. The minimum atomic E-state index is -0.424. The van der Waals surface area contributed by atoms with Gasteiger partial charge in [0, 0.05) is 0 Å². The summed E-state index contributed by atoms with van der Waals surface area (Å²) >= 11 is 7.40. The second-order valence-corrected chi connectivity index (χ2v) is 9.48. The maximum absolute atomic E-state index is 13.0. The number of hydrogen-bond donors (Lipinski definition) is 0. The number of carbonyl (C=O) groups excluding carboxylic acids is 2. The number of halogens is 1. The van der Waals surface area contributed by atoms with Gasteiger partial charge >= 0.3 is 0 Å². The van der Waals surface area contributed by atoms with Crippen LogP contribution in [-0.4, -0.2) is 22.7 Å². The van der Waals surface area contributed by atoms with E-state index in [-0.39, 0.29) is 11.4 Å². The van der Waals surface area contributed by atoms with E-state index in [2.05, 4.69) is 6.07 Å². The number of thioether (sulfide) groups is 1. The van der Waals surface area contributed by atoms with Gasteiger partial charge in [0.05, 0.1) is 34.7 Å². The Hall–Kier alpha value is -3.73. The zero-order valence-electron chi connectivity index (χ0n) is 19.8. The van der Waals surface area contributed by atoms with E-state index in [0.717, 1.165) is 27.8 Å². The predicted octanol–water partition coefficient (Wildman–Crippen LogP) is 6.73. The standard InChI is InChI=1S/C28H23ClN2O4S/c1-3-34-24-13-20(12-23(29)26(24)35-17-19-8-6-7-18(2)11-19)14-25-27(32)31(28(33)36-25)16-22-10-5-4-9-21(22)15-30/h4-14H,3,16-17H2,1-2H3/b25-14+. The highest BCUT2D eigenvalue weighted by molar-refractivity contribution is 8.18. The quantitative estimate of drug-likeness (QED) is 0.307. The molecule has 0 aliphatic carbocycles. The van der Waals surface area contributed by atoms with Crippen molar-refractivity contribution in [2.24, 2.45) is 0 Å². The Morgan fingerprint density at radius 1 is 1.08 bits per heavy atom. The fourth-order valence-corrected chi connectivity index (χ4v) is 4.87. The van der Waals surface area contributed by atoms with Crippen LogP contribution in [0.1, 0.15) is 34.7 Å². The molecule has 0 N–H and O–H groups in total. The van der Waals surface area contributed by atoms with Crippen LogP contribution in [0.25, 0.3) is 6.08 Å². The largest absolute Gasteiger partial charge is 0.490 e. The second kappa shape index (κ2) is 11.3. The Kier molecular flexibility index (Phi) is 7.99. The van der Waals surface area contributed by atoms with E-state index in [1.54, 1.807) is 42.5 Å². The molecule has 2 amide bonds. The first-order valence-electron chi connectivity index (χ1n) is 11.3. The molecule has 1 fully saturated rings. The number of nitriles is 1. The van der Waals surface area contributed by atoms with Crippen molar-refractivity contribution in [3.05, 3.63) is 98.4 Å². The summed E-state index contributed by atoms with van der Waals surface area (Å²) in [4.78, 5) is 27.0. The van der Waals surface area contributed by atoms with Gasteiger partial charge in [-0.05, 0) is 66.6 Å². The number of hydrogen-bond acceptors (Lipinski definition) is 6. The molecule has 4 rings (SSSR count). The lowest BCUT2D eigenvalue weighted by Gasteiger charge is -2.15. The maximum Gasteiger partial charge on any atom is 0.293 e. The summed E-state index contributed by atoms with van der Waals surface area (Å²) in [5.74, 6) is 0.441. The van der Waals surface area contributed by atoms with Crippen molar-refractivity contribution in [1.29, 1.82) is 5.26 Å². The number of aryl methyl sites for hydroxylation is 1. The maximum atomic E-state index is 13.0. The lowest BCUT2D eigenvalue weighted by molar-refractivity contribution is -0.123. The number of imide groups is 1. The Labute approximate surface area is 219 Å². The number of amides is 2. The average Bonchev–Trinajstić information content (AvgIpc) is 3.11. The Morgan fingerprint density at radius 2 is 1.89 bits per heavy atom. The van der Waals surface area contributed by atoms with E-state index in [1.807, 2.05) is 38.1 Å². The van der Waals surface area contributed by atoms with E-state index < -0.39 is 11.1 Å². The molecule has 0 saturated carbocycles. The number of nitrogens with zero attached hydrogens (tertiary/aromatic N) is 2. The van der Waals surface area contributed by atoms with Crippen molar-refractivity contribution in [3.63, 3.8) is 0 Å². The third-order valence-corrected chi connectivity index (χ3v) is 6.62. The molecule has 0 bridgehead atoms. The molecule has 3 aromatic rings. The molecule has 8 heteroatoms. The lowest BCUT2D eigenvalue weighted by Crippen LogP contribution is -2.27. The molecular formula is C28H23ClN2O4S. The van der Waals surface area contributed by atoms with Crippen molar-refractivity contribution < 1.29 is 19.1 Å². The molecule has 182 valence electrons. The zero-order chi connectivity index (χ0) is 25.7. The molecule has 1 heterocycles. The van der Waals surface area contributed by atoms with Gasteiger partial charge < -0.3 is 9.47 Å². The summed E-state index contributed by atoms with van der Waals surface area (Å²) in [6, 6.07) is 20.4.